The molecular weight excluding hydrogens is 262 g/mol. The summed E-state index contributed by atoms with van der Waals surface area (Å²) in [6.45, 7) is 5.02. The van der Waals surface area contributed by atoms with Crippen molar-refractivity contribution in [2.45, 2.75) is 32.7 Å². The molecule has 4 nitrogen and oxygen atoms in total. The number of nitrogens with zero attached hydrogens (tertiary/aromatic N) is 2. The van der Waals surface area contributed by atoms with Gasteiger partial charge in [-0.25, -0.2) is 9.97 Å². The van der Waals surface area contributed by atoms with Crippen molar-refractivity contribution in [3.05, 3.63) is 53.6 Å². The Kier molecular flexibility index (Phi) is 5.69. The standard InChI is InChI=1S/C17H23N3O/c1-4-18-16(17-19-11-13(2)12-20-17)10-7-14-5-8-15(21-3)9-6-14/h5-6,8-9,11-12,16,18H,4,7,10H2,1-3H3. The van der Waals surface area contributed by atoms with Crippen LogP contribution >= 0.6 is 0 Å². The molecule has 0 aliphatic heterocycles. The Labute approximate surface area is 126 Å². The second kappa shape index (κ2) is 7.74. The summed E-state index contributed by atoms with van der Waals surface area (Å²) >= 11 is 0. The minimum absolute atomic E-state index is 0.192. The van der Waals surface area contributed by atoms with E-state index in [0.717, 1.165) is 36.5 Å². The zero-order chi connectivity index (χ0) is 15.1. The zero-order valence-corrected chi connectivity index (χ0v) is 13.0. The Morgan fingerprint density at radius 3 is 2.38 bits per heavy atom. The maximum Gasteiger partial charge on any atom is 0.145 e. The number of methoxy groups -OCH3 is 1. The van der Waals surface area contributed by atoms with Crippen molar-refractivity contribution in [1.82, 2.24) is 15.3 Å². The lowest BCUT2D eigenvalue weighted by Gasteiger charge is -2.16. The second-order valence-corrected chi connectivity index (χ2v) is 5.12. The first-order valence-electron chi connectivity index (χ1n) is 7.37. The minimum Gasteiger partial charge on any atom is -0.497 e. The third kappa shape index (κ3) is 4.53. The summed E-state index contributed by atoms with van der Waals surface area (Å²) in [4.78, 5) is 8.89. The van der Waals surface area contributed by atoms with Crippen LogP contribution in [0.15, 0.2) is 36.7 Å². The predicted molar refractivity (Wildman–Crippen MR) is 84.5 cm³/mol. The first-order chi connectivity index (χ1) is 10.2. The summed E-state index contributed by atoms with van der Waals surface area (Å²) in [5.74, 6) is 1.76. The molecule has 1 N–H and O–H groups in total. The molecule has 0 aliphatic carbocycles. The van der Waals surface area contributed by atoms with Crippen LogP contribution in [-0.4, -0.2) is 23.6 Å². The smallest absolute Gasteiger partial charge is 0.145 e. The van der Waals surface area contributed by atoms with Gasteiger partial charge in [-0.3, -0.25) is 0 Å². The number of ether oxygens (including phenoxy) is 1. The topological polar surface area (TPSA) is 47.0 Å². The molecule has 0 spiro atoms. The van der Waals surface area contributed by atoms with Crippen LogP contribution in [0.5, 0.6) is 5.75 Å². The van der Waals surface area contributed by atoms with Gasteiger partial charge in [0.05, 0.1) is 13.2 Å². The molecule has 0 radical (unpaired) electrons. The van der Waals surface area contributed by atoms with Crippen molar-refractivity contribution in [2.24, 2.45) is 0 Å². The molecule has 0 bridgehead atoms. The van der Waals surface area contributed by atoms with E-state index in [2.05, 4.69) is 34.3 Å². The molecule has 21 heavy (non-hydrogen) atoms. The SMILES string of the molecule is CCNC(CCc1ccc(OC)cc1)c1ncc(C)cn1. The zero-order valence-electron chi connectivity index (χ0n) is 13.0. The van der Waals surface area contributed by atoms with Gasteiger partial charge in [0.15, 0.2) is 0 Å². The highest BCUT2D eigenvalue weighted by Crippen LogP contribution is 2.18. The maximum absolute atomic E-state index is 5.18. The van der Waals surface area contributed by atoms with E-state index in [1.54, 1.807) is 7.11 Å². The lowest BCUT2D eigenvalue weighted by molar-refractivity contribution is 0.414. The van der Waals surface area contributed by atoms with Gasteiger partial charge in [-0.15, -0.1) is 0 Å². The quantitative estimate of drug-likeness (QED) is 0.849. The Hall–Kier alpha value is -1.94. The predicted octanol–water partition coefficient (Wildman–Crippen LogP) is 3.08. The van der Waals surface area contributed by atoms with E-state index < -0.39 is 0 Å². The lowest BCUT2D eigenvalue weighted by Crippen LogP contribution is -2.23. The van der Waals surface area contributed by atoms with Gasteiger partial charge in [-0.1, -0.05) is 19.1 Å². The van der Waals surface area contributed by atoms with Crippen LogP contribution in [0.25, 0.3) is 0 Å². The fraction of sp³-hybridized carbons (Fsp3) is 0.412. The molecule has 1 atom stereocenters. The van der Waals surface area contributed by atoms with Crippen LogP contribution in [0.1, 0.15) is 36.3 Å². The number of aromatic nitrogens is 2. The molecule has 4 heteroatoms. The Bertz CT molecular complexity index is 537. The van der Waals surface area contributed by atoms with Crippen LogP contribution in [0.3, 0.4) is 0 Å². The lowest BCUT2D eigenvalue weighted by atomic mass is 10.0. The first-order valence-corrected chi connectivity index (χ1v) is 7.37. The van der Waals surface area contributed by atoms with E-state index in [9.17, 15) is 0 Å². The summed E-state index contributed by atoms with van der Waals surface area (Å²) in [5, 5.41) is 3.46. The normalized spacial score (nSPS) is 12.1. The molecule has 2 rings (SSSR count). The number of benzene rings is 1. The van der Waals surface area contributed by atoms with Gasteiger partial charge in [0.25, 0.3) is 0 Å². The van der Waals surface area contributed by atoms with Gasteiger partial charge in [-0.05, 0) is 49.6 Å². The number of nitrogens with one attached hydrogen (secondary N) is 1. The number of aryl methyl sites for hydroxylation is 2. The van der Waals surface area contributed by atoms with Crippen LogP contribution < -0.4 is 10.1 Å². The molecule has 0 saturated heterocycles. The van der Waals surface area contributed by atoms with Crippen LogP contribution in [-0.2, 0) is 6.42 Å². The average molecular weight is 285 g/mol. The fourth-order valence-corrected chi connectivity index (χ4v) is 2.25. The Morgan fingerprint density at radius 2 is 1.81 bits per heavy atom. The molecule has 0 saturated carbocycles. The molecule has 112 valence electrons. The first kappa shape index (κ1) is 15.4. The van der Waals surface area contributed by atoms with E-state index in [1.807, 2.05) is 31.5 Å². The van der Waals surface area contributed by atoms with Gasteiger partial charge in [0.2, 0.25) is 0 Å². The molecule has 0 fully saturated rings. The van der Waals surface area contributed by atoms with Gasteiger partial charge < -0.3 is 10.1 Å². The van der Waals surface area contributed by atoms with Crippen LogP contribution in [0.4, 0.5) is 0 Å². The van der Waals surface area contributed by atoms with Crippen LogP contribution in [0.2, 0.25) is 0 Å². The summed E-state index contributed by atoms with van der Waals surface area (Å²) in [5.41, 5.74) is 2.38. The second-order valence-electron chi connectivity index (χ2n) is 5.12. The molecule has 1 unspecified atom stereocenters. The number of rotatable bonds is 7. The van der Waals surface area contributed by atoms with Crippen molar-refractivity contribution < 1.29 is 4.74 Å². The van der Waals surface area contributed by atoms with Crippen molar-refractivity contribution in [2.75, 3.05) is 13.7 Å². The van der Waals surface area contributed by atoms with E-state index in [4.69, 9.17) is 4.74 Å². The van der Waals surface area contributed by atoms with E-state index in [1.165, 1.54) is 5.56 Å². The molecule has 0 amide bonds. The van der Waals surface area contributed by atoms with Crippen molar-refractivity contribution in [3.63, 3.8) is 0 Å². The Morgan fingerprint density at radius 1 is 1.14 bits per heavy atom. The number of hydrogen-bond acceptors (Lipinski definition) is 4. The highest BCUT2D eigenvalue weighted by Gasteiger charge is 2.13. The molecule has 1 aromatic heterocycles. The summed E-state index contributed by atoms with van der Waals surface area (Å²) in [6.07, 6.45) is 5.71. The van der Waals surface area contributed by atoms with Gasteiger partial charge >= 0.3 is 0 Å². The van der Waals surface area contributed by atoms with E-state index >= 15 is 0 Å². The third-order valence-corrected chi connectivity index (χ3v) is 3.44. The monoisotopic (exact) mass is 285 g/mol. The maximum atomic E-state index is 5.18. The van der Waals surface area contributed by atoms with Crippen LogP contribution in [0, 0.1) is 6.92 Å². The van der Waals surface area contributed by atoms with E-state index in [-0.39, 0.29) is 6.04 Å². The van der Waals surface area contributed by atoms with Crippen molar-refractivity contribution >= 4 is 0 Å². The number of hydrogen-bond donors (Lipinski definition) is 1. The molecule has 2 aromatic rings. The minimum atomic E-state index is 0.192. The molecule has 0 aliphatic rings. The van der Waals surface area contributed by atoms with Gasteiger partial charge in [0.1, 0.15) is 11.6 Å². The Balaban J connectivity index is 2.00. The van der Waals surface area contributed by atoms with Gasteiger partial charge in [0, 0.05) is 12.4 Å². The van der Waals surface area contributed by atoms with E-state index in [0.29, 0.717) is 0 Å². The molecule has 1 heterocycles. The molecule has 1 aromatic carbocycles. The van der Waals surface area contributed by atoms with Crippen molar-refractivity contribution in [1.29, 1.82) is 0 Å². The largest absolute Gasteiger partial charge is 0.497 e. The summed E-state index contributed by atoms with van der Waals surface area (Å²) in [6, 6.07) is 8.41. The summed E-state index contributed by atoms with van der Waals surface area (Å²) < 4.78 is 5.18. The average Bonchev–Trinajstić information content (AvgIpc) is 2.53. The van der Waals surface area contributed by atoms with Gasteiger partial charge in [-0.2, -0.15) is 0 Å². The fourth-order valence-electron chi connectivity index (χ4n) is 2.25. The highest BCUT2D eigenvalue weighted by atomic mass is 16.5. The third-order valence-electron chi connectivity index (χ3n) is 3.44. The summed E-state index contributed by atoms with van der Waals surface area (Å²) in [7, 11) is 1.69. The van der Waals surface area contributed by atoms with Crippen molar-refractivity contribution in [3.8, 4) is 5.75 Å². The highest BCUT2D eigenvalue weighted by molar-refractivity contribution is 5.27. The molecular formula is C17H23N3O.